The lowest BCUT2D eigenvalue weighted by Gasteiger charge is -2.24. The fraction of sp³-hybridized carbons (Fsp3) is 0.478. The van der Waals surface area contributed by atoms with Gasteiger partial charge in [0.15, 0.2) is 11.5 Å². The van der Waals surface area contributed by atoms with Crippen molar-refractivity contribution in [2.45, 2.75) is 59.2 Å². The van der Waals surface area contributed by atoms with E-state index in [1.807, 2.05) is 6.07 Å². The van der Waals surface area contributed by atoms with E-state index in [-0.39, 0.29) is 0 Å². The molecule has 0 saturated heterocycles. The summed E-state index contributed by atoms with van der Waals surface area (Å²) < 4.78 is 11.0. The molecule has 4 rings (SSSR count). The highest BCUT2D eigenvalue weighted by molar-refractivity contribution is 5.50. The Bertz CT molecular complexity index is 798. The average Bonchev–Trinajstić information content (AvgIpc) is 3.25. The van der Waals surface area contributed by atoms with Gasteiger partial charge in [0.25, 0.3) is 0 Å². The van der Waals surface area contributed by atoms with E-state index in [0.29, 0.717) is 24.5 Å². The third-order valence-corrected chi connectivity index (χ3v) is 5.69. The van der Waals surface area contributed by atoms with Gasteiger partial charge in [-0.25, -0.2) is 0 Å². The maximum Gasteiger partial charge on any atom is 0.231 e. The summed E-state index contributed by atoms with van der Waals surface area (Å²) in [5.74, 6) is 2.73. The quantitative estimate of drug-likeness (QED) is 0.806. The number of benzene rings is 2. The number of aromatic hydroxyl groups is 1. The average molecular weight is 367 g/mol. The molecule has 2 aliphatic rings. The molecule has 0 fully saturated rings. The zero-order valence-corrected chi connectivity index (χ0v) is 16.5. The van der Waals surface area contributed by atoms with Crippen molar-refractivity contribution in [3.8, 4) is 17.2 Å². The Hall–Kier alpha value is -2.20. The van der Waals surface area contributed by atoms with Gasteiger partial charge in [0.05, 0.1) is 0 Å². The second kappa shape index (κ2) is 7.43. The molecule has 2 aliphatic heterocycles. The Labute approximate surface area is 161 Å². The number of rotatable bonds is 6. The summed E-state index contributed by atoms with van der Waals surface area (Å²) >= 11 is 0. The maximum absolute atomic E-state index is 10.1. The highest BCUT2D eigenvalue weighted by Crippen LogP contribution is 2.38. The topological polar surface area (TPSA) is 41.9 Å². The molecule has 1 N–H and O–H groups in total. The van der Waals surface area contributed by atoms with Crippen LogP contribution in [0.25, 0.3) is 0 Å². The Morgan fingerprint density at radius 2 is 1.67 bits per heavy atom. The van der Waals surface area contributed by atoms with Gasteiger partial charge in [-0.15, -0.1) is 0 Å². The third-order valence-electron chi connectivity index (χ3n) is 5.69. The van der Waals surface area contributed by atoms with E-state index in [2.05, 4.69) is 49.9 Å². The van der Waals surface area contributed by atoms with Gasteiger partial charge >= 0.3 is 0 Å². The summed E-state index contributed by atoms with van der Waals surface area (Å²) in [6, 6.07) is 10.9. The molecule has 2 heterocycles. The molecule has 144 valence electrons. The number of phenolic OH excluding ortho intramolecular Hbond substituents is 1. The largest absolute Gasteiger partial charge is 0.508 e. The first-order valence-corrected chi connectivity index (χ1v) is 9.96. The monoisotopic (exact) mass is 367 g/mol. The summed E-state index contributed by atoms with van der Waals surface area (Å²) in [7, 11) is 0. The summed E-state index contributed by atoms with van der Waals surface area (Å²) in [4.78, 5) is 2.52. The number of hydrogen-bond acceptors (Lipinski definition) is 4. The van der Waals surface area contributed by atoms with Crippen LogP contribution in [0.3, 0.4) is 0 Å². The zero-order valence-electron chi connectivity index (χ0n) is 16.5. The van der Waals surface area contributed by atoms with Crippen LogP contribution in [-0.2, 0) is 25.9 Å². The van der Waals surface area contributed by atoms with E-state index in [1.54, 1.807) is 0 Å². The molecule has 2 aromatic rings. The van der Waals surface area contributed by atoms with Crippen LogP contribution in [0.1, 0.15) is 49.4 Å². The summed E-state index contributed by atoms with van der Waals surface area (Å²) in [6.45, 7) is 8.96. The lowest BCUT2D eigenvalue weighted by atomic mass is 9.97. The Morgan fingerprint density at radius 1 is 1.00 bits per heavy atom. The molecule has 1 atom stereocenters. The summed E-state index contributed by atoms with van der Waals surface area (Å²) in [5, 5.41) is 10.1. The van der Waals surface area contributed by atoms with E-state index < -0.39 is 0 Å². The first kappa shape index (κ1) is 18.2. The van der Waals surface area contributed by atoms with Gasteiger partial charge in [0.1, 0.15) is 5.75 Å². The number of nitrogens with zero attached hydrogens (tertiary/aromatic N) is 1. The lowest BCUT2D eigenvalue weighted by Crippen LogP contribution is -2.28. The van der Waals surface area contributed by atoms with Crippen LogP contribution in [0.2, 0.25) is 0 Å². The van der Waals surface area contributed by atoms with E-state index in [4.69, 9.17) is 9.47 Å². The highest BCUT2D eigenvalue weighted by atomic mass is 16.7. The maximum atomic E-state index is 10.1. The van der Waals surface area contributed by atoms with Crippen LogP contribution < -0.4 is 9.47 Å². The molecule has 4 nitrogen and oxygen atoms in total. The van der Waals surface area contributed by atoms with E-state index in [1.165, 1.54) is 16.7 Å². The van der Waals surface area contributed by atoms with Gasteiger partial charge in [-0.2, -0.15) is 0 Å². The van der Waals surface area contributed by atoms with Crippen LogP contribution in [0.5, 0.6) is 17.2 Å². The number of phenols is 1. The molecule has 0 radical (unpaired) electrons. The Balaban J connectivity index is 1.37. The number of ether oxygens (including phenoxy) is 2. The predicted octanol–water partition coefficient (Wildman–Crippen LogP) is 4.66. The van der Waals surface area contributed by atoms with Crippen molar-refractivity contribution in [2.24, 2.45) is 5.92 Å². The first-order chi connectivity index (χ1) is 13.0. The molecule has 0 amide bonds. The van der Waals surface area contributed by atoms with Crippen molar-refractivity contribution in [3.63, 3.8) is 0 Å². The minimum absolute atomic E-state index is 0.337. The van der Waals surface area contributed by atoms with Crippen LogP contribution in [0, 0.1) is 5.92 Å². The molecule has 0 spiro atoms. The fourth-order valence-electron chi connectivity index (χ4n) is 4.08. The standard InChI is InChI=1S/C23H29NO3/c1-15(2)8-18-9-17(6-7-21(18)25)5-4-16(3)24-12-19-10-22-23(27-14-26-22)11-20(19)13-24/h6-7,9-11,15-16,25H,4-5,8,12-14H2,1-3H3/t16-/m1/s1. The van der Waals surface area contributed by atoms with Crippen molar-refractivity contribution in [1.29, 1.82) is 0 Å². The van der Waals surface area contributed by atoms with Crippen molar-refractivity contribution >= 4 is 0 Å². The van der Waals surface area contributed by atoms with Crippen molar-refractivity contribution in [3.05, 3.63) is 52.6 Å². The van der Waals surface area contributed by atoms with E-state index >= 15 is 0 Å². The molecule has 0 aliphatic carbocycles. The van der Waals surface area contributed by atoms with Crippen molar-refractivity contribution in [1.82, 2.24) is 4.90 Å². The van der Waals surface area contributed by atoms with E-state index in [0.717, 1.165) is 49.4 Å². The summed E-state index contributed by atoms with van der Waals surface area (Å²) in [5.41, 5.74) is 5.09. The van der Waals surface area contributed by atoms with Gasteiger partial charge in [0.2, 0.25) is 6.79 Å². The first-order valence-electron chi connectivity index (χ1n) is 9.96. The van der Waals surface area contributed by atoms with Gasteiger partial charge in [-0.3, -0.25) is 4.90 Å². The van der Waals surface area contributed by atoms with Crippen LogP contribution in [0.15, 0.2) is 30.3 Å². The zero-order chi connectivity index (χ0) is 19.0. The van der Waals surface area contributed by atoms with Crippen molar-refractivity contribution < 1.29 is 14.6 Å². The Morgan fingerprint density at radius 3 is 2.30 bits per heavy atom. The van der Waals surface area contributed by atoms with Crippen LogP contribution in [0.4, 0.5) is 0 Å². The van der Waals surface area contributed by atoms with E-state index in [9.17, 15) is 5.11 Å². The number of aryl methyl sites for hydroxylation is 1. The number of fused-ring (bicyclic) bond motifs is 2. The minimum atomic E-state index is 0.337. The molecule has 0 bridgehead atoms. The van der Waals surface area contributed by atoms with Crippen LogP contribution >= 0.6 is 0 Å². The molecule has 0 unspecified atom stereocenters. The predicted molar refractivity (Wildman–Crippen MR) is 106 cm³/mol. The van der Waals surface area contributed by atoms with Gasteiger partial charge < -0.3 is 14.6 Å². The highest BCUT2D eigenvalue weighted by Gasteiger charge is 2.26. The second-order valence-corrected chi connectivity index (χ2v) is 8.33. The van der Waals surface area contributed by atoms with Crippen LogP contribution in [-0.4, -0.2) is 22.8 Å². The summed E-state index contributed by atoms with van der Waals surface area (Å²) in [6.07, 6.45) is 3.06. The SMILES string of the molecule is CC(C)Cc1cc(CC[C@@H](C)N2Cc3cc4c(cc3C2)OCO4)ccc1O. The molecule has 2 aromatic carbocycles. The normalized spacial score (nSPS) is 16.7. The second-order valence-electron chi connectivity index (χ2n) is 8.33. The molecule has 0 aromatic heterocycles. The van der Waals surface area contributed by atoms with Gasteiger partial charge in [-0.05, 0) is 72.6 Å². The molecule has 27 heavy (non-hydrogen) atoms. The van der Waals surface area contributed by atoms with Crippen molar-refractivity contribution in [2.75, 3.05) is 6.79 Å². The minimum Gasteiger partial charge on any atom is -0.508 e. The molecule has 4 heteroatoms. The Kier molecular flexibility index (Phi) is 5.00. The van der Waals surface area contributed by atoms with Gasteiger partial charge in [0, 0.05) is 19.1 Å². The molecular formula is C23H29NO3. The fourth-order valence-corrected chi connectivity index (χ4v) is 4.08. The third kappa shape index (κ3) is 3.91. The van der Waals surface area contributed by atoms with Gasteiger partial charge in [-0.1, -0.05) is 26.0 Å². The molecule has 0 saturated carbocycles. The lowest BCUT2D eigenvalue weighted by molar-refractivity contribution is 0.173. The number of hydrogen-bond donors (Lipinski definition) is 1. The smallest absolute Gasteiger partial charge is 0.231 e. The molecular weight excluding hydrogens is 338 g/mol.